The maximum atomic E-state index is 12.5. The van der Waals surface area contributed by atoms with Gasteiger partial charge in [-0.25, -0.2) is 30.7 Å². The largest absolute Gasteiger partial charge is 0.468 e. The average Bonchev–Trinajstić information content (AvgIpc) is 3.30. The third-order valence-electron chi connectivity index (χ3n) is 4.44. The fourth-order valence-corrected chi connectivity index (χ4v) is 4.70. The zero-order valence-electron chi connectivity index (χ0n) is 17.4. The number of furan rings is 1. The summed E-state index contributed by atoms with van der Waals surface area (Å²) in [4.78, 5) is 12.4. The van der Waals surface area contributed by atoms with Crippen molar-refractivity contribution in [2.75, 3.05) is 14.1 Å². The lowest BCUT2D eigenvalue weighted by atomic mass is 10.2. The molecule has 3 rings (SSSR count). The summed E-state index contributed by atoms with van der Waals surface area (Å²) >= 11 is 0. The zero-order chi connectivity index (χ0) is 23.4. The molecule has 0 spiro atoms. The van der Waals surface area contributed by atoms with Crippen LogP contribution in [0, 0.1) is 0 Å². The van der Waals surface area contributed by atoms with Crippen molar-refractivity contribution in [3.05, 3.63) is 83.8 Å². The van der Waals surface area contributed by atoms with Gasteiger partial charge in [0.15, 0.2) is 0 Å². The number of benzene rings is 2. The third-order valence-corrected chi connectivity index (χ3v) is 7.65. The Hall–Kier alpha value is -2.99. The number of hydrogen-bond acceptors (Lipinski definition) is 7. The summed E-state index contributed by atoms with van der Waals surface area (Å²) in [6.45, 7) is -0.209. The summed E-state index contributed by atoms with van der Waals surface area (Å²) in [6, 6.07) is 14.8. The molecular weight excluding hydrogens is 456 g/mol. The van der Waals surface area contributed by atoms with E-state index < -0.39 is 26.0 Å². The highest BCUT2D eigenvalue weighted by Crippen LogP contribution is 2.17. The molecule has 0 saturated heterocycles. The first-order valence-electron chi connectivity index (χ1n) is 9.40. The van der Waals surface area contributed by atoms with E-state index in [4.69, 9.17) is 9.15 Å². The molecule has 11 heteroatoms. The van der Waals surface area contributed by atoms with E-state index in [1.807, 2.05) is 0 Å². The Kier molecular flexibility index (Phi) is 7.14. The molecule has 0 amide bonds. The maximum Gasteiger partial charge on any atom is 0.338 e. The third kappa shape index (κ3) is 5.62. The van der Waals surface area contributed by atoms with E-state index in [2.05, 4.69) is 4.72 Å². The number of ether oxygens (including phenoxy) is 1. The van der Waals surface area contributed by atoms with Crippen LogP contribution in [0.4, 0.5) is 0 Å². The Morgan fingerprint density at radius 3 is 2.38 bits per heavy atom. The van der Waals surface area contributed by atoms with Crippen molar-refractivity contribution in [2.24, 2.45) is 0 Å². The first-order valence-corrected chi connectivity index (χ1v) is 12.3. The standard InChI is InChI=1S/C21H22N2O7S2/c1-23(2)32(27,28)20-10-3-6-16(12-20)15-30-21(24)17-7-4-9-19(13-17)31(25,26)22-14-18-8-5-11-29-18/h3-13,22H,14-15H2,1-2H3. The van der Waals surface area contributed by atoms with E-state index in [1.165, 1.54) is 56.8 Å². The lowest BCUT2D eigenvalue weighted by Gasteiger charge is -2.12. The van der Waals surface area contributed by atoms with Gasteiger partial charge in [-0.05, 0) is 48.0 Å². The van der Waals surface area contributed by atoms with Crippen LogP contribution in [-0.4, -0.2) is 41.2 Å². The molecule has 0 atom stereocenters. The first-order chi connectivity index (χ1) is 15.1. The van der Waals surface area contributed by atoms with E-state index in [9.17, 15) is 21.6 Å². The van der Waals surface area contributed by atoms with Crippen LogP contribution in [0.2, 0.25) is 0 Å². The van der Waals surface area contributed by atoms with Crippen molar-refractivity contribution in [1.82, 2.24) is 9.03 Å². The molecule has 0 aliphatic heterocycles. The molecule has 170 valence electrons. The second kappa shape index (κ2) is 9.65. The highest BCUT2D eigenvalue weighted by Gasteiger charge is 2.19. The molecule has 0 radical (unpaired) electrons. The van der Waals surface area contributed by atoms with Crippen LogP contribution < -0.4 is 4.72 Å². The predicted molar refractivity (Wildman–Crippen MR) is 116 cm³/mol. The number of esters is 1. The molecule has 0 saturated carbocycles. The molecule has 0 bridgehead atoms. The van der Waals surface area contributed by atoms with Crippen LogP contribution in [-0.2, 0) is 37.9 Å². The summed E-state index contributed by atoms with van der Waals surface area (Å²) < 4.78 is 63.3. The van der Waals surface area contributed by atoms with Crippen LogP contribution in [0.5, 0.6) is 0 Å². The van der Waals surface area contributed by atoms with Gasteiger partial charge >= 0.3 is 5.97 Å². The Morgan fingerprint density at radius 2 is 1.69 bits per heavy atom. The van der Waals surface area contributed by atoms with Gasteiger partial charge in [-0.2, -0.15) is 0 Å². The molecule has 9 nitrogen and oxygen atoms in total. The van der Waals surface area contributed by atoms with Crippen molar-refractivity contribution in [3.8, 4) is 0 Å². The SMILES string of the molecule is CN(C)S(=O)(=O)c1cccc(COC(=O)c2cccc(S(=O)(=O)NCc3ccco3)c2)c1. The van der Waals surface area contributed by atoms with Crippen LogP contribution >= 0.6 is 0 Å². The summed E-state index contributed by atoms with van der Waals surface area (Å²) in [5, 5.41) is 0. The van der Waals surface area contributed by atoms with Gasteiger partial charge in [0.25, 0.3) is 0 Å². The minimum Gasteiger partial charge on any atom is -0.468 e. The van der Waals surface area contributed by atoms with Gasteiger partial charge in [0, 0.05) is 14.1 Å². The predicted octanol–water partition coefficient (Wildman–Crippen LogP) is 2.37. The number of nitrogens with one attached hydrogen (secondary N) is 1. The van der Waals surface area contributed by atoms with Crippen molar-refractivity contribution in [3.63, 3.8) is 0 Å². The monoisotopic (exact) mass is 478 g/mol. The molecule has 1 heterocycles. The summed E-state index contributed by atoms with van der Waals surface area (Å²) in [7, 11) is -4.65. The highest BCUT2D eigenvalue weighted by molar-refractivity contribution is 7.89. The van der Waals surface area contributed by atoms with Gasteiger partial charge < -0.3 is 9.15 Å². The fourth-order valence-electron chi connectivity index (χ4n) is 2.69. The summed E-state index contributed by atoms with van der Waals surface area (Å²) in [5.74, 6) is -0.295. The molecule has 0 unspecified atom stereocenters. The van der Waals surface area contributed by atoms with Gasteiger partial charge in [0.05, 0.1) is 28.2 Å². The Bertz CT molecular complexity index is 1300. The van der Waals surface area contributed by atoms with Gasteiger partial charge in [-0.1, -0.05) is 18.2 Å². The van der Waals surface area contributed by atoms with E-state index in [-0.39, 0.29) is 28.5 Å². The molecule has 0 aliphatic carbocycles. The number of sulfonamides is 2. The summed E-state index contributed by atoms with van der Waals surface area (Å²) in [6.07, 6.45) is 1.44. The lowest BCUT2D eigenvalue weighted by molar-refractivity contribution is 0.0472. The van der Waals surface area contributed by atoms with Gasteiger partial charge in [0.1, 0.15) is 12.4 Å². The Balaban J connectivity index is 1.69. The second-order valence-electron chi connectivity index (χ2n) is 6.94. The molecule has 3 aromatic rings. The molecule has 1 aromatic heterocycles. The Labute approximate surface area is 186 Å². The van der Waals surface area contributed by atoms with Gasteiger partial charge in [0.2, 0.25) is 20.0 Å². The molecule has 32 heavy (non-hydrogen) atoms. The number of nitrogens with zero attached hydrogens (tertiary/aromatic N) is 1. The van der Waals surface area contributed by atoms with Crippen LogP contribution in [0.1, 0.15) is 21.7 Å². The maximum absolute atomic E-state index is 12.5. The van der Waals surface area contributed by atoms with E-state index in [0.717, 1.165) is 4.31 Å². The topological polar surface area (TPSA) is 123 Å². The Morgan fingerprint density at radius 1 is 0.969 bits per heavy atom. The number of hydrogen-bond donors (Lipinski definition) is 1. The number of carbonyl (C=O) groups excluding carboxylic acids is 1. The van der Waals surface area contributed by atoms with Crippen molar-refractivity contribution >= 4 is 26.0 Å². The number of rotatable bonds is 9. The van der Waals surface area contributed by atoms with Crippen LogP contribution in [0.25, 0.3) is 0 Å². The zero-order valence-corrected chi connectivity index (χ0v) is 19.0. The van der Waals surface area contributed by atoms with Crippen LogP contribution in [0.3, 0.4) is 0 Å². The minimum atomic E-state index is -3.88. The van der Waals surface area contributed by atoms with Crippen LogP contribution in [0.15, 0.2) is 81.1 Å². The highest BCUT2D eigenvalue weighted by atomic mass is 32.2. The van der Waals surface area contributed by atoms with E-state index >= 15 is 0 Å². The molecule has 0 aliphatic rings. The van der Waals surface area contributed by atoms with Crippen molar-refractivity contribution in [2.45, 2.75) is 22.9 Å². The quantitative estimate of drug-likeness (QED) is 0.468. The smallest absolute Gasteiger partial charge is 0.338 e. The number of carbonyl (C=O) groups is 1. The van der Waals surface area contributed by atoms with E-state index in [0.29, 0.717) is 11.3 Å². The van der Waals surface area contributed by atoms with E-state index in [1.54, 1.807) is 24.3 Å². The second-order valence-corrected chi connectivity index (χ2v) is 10.9. The van der Waals surface area contributed by atoms with Gasteiger partial charge in [-0.3, -0.25) is 0 Å². The fraction of sp³-hybridized carbons (Fsp3) is 0.190. The van der Waals surface area contributed by atoms with Crippen molar-refractivity contribution < 1.29 is 30.8 Å². The molecule has 0 fully saturated rings. The summed E-state index contributed by atoms with van der Waals surface area (Å²) in [5.41, 5.74) is 0.521. The molecular formula is C21H22N2O7S2. The molecule has 1 N–H and O–H groups in total. The first kappa shape index (κ1) is 23.7. The minimum absolute atomic E-state index is 0.0315. The van der Waals surface area contributed by atoms with Crippen molar-refractivity contribution in [1.29, 1.82) is 0 Å². The molecule has 2 aromatic carbocycles. The average molecular weight is 479 g/mol. The normalized spacial score (nSPS) is 12.1. The lowest BCUT2D eigenvalue weighted by Crippen LogP contribution is -2.23. The van der Waals surface area contributed by atoms with Gasteiger partial charge in [-0.15, -0.1) is 0 Å².